The van der Waals surface area contributed by atoms with Gasteiger partial charge in [0.25, 0.3) is 0 Å². The molecule has 0 bridgehead atoms. The highest BCUT2D eigenvalue weighted by molar-refractivity contribution is 5.70. The lowest BCUT2D eigenvalue weighted by molar-refractivity contribution is -0.148. The van der Waals surface area contributed by atoms with Crippen LogP contribution in [0, 0.1) is 5.92 Å². The molecule has 0 N–H and O–H groups in total. The Morgan fingerprint density at radius 2 is 2.15 bits per heavy atom. The highest BCUT2D eigenvalue weighted by Crippen LogP contribution is 2.29. The molecule has 2 rings (SSSR count). The number of carbonyl (C=O) groups is 1. The van der Waals surface area contributed by atoms with Crippen LogP contribution in [0.25, 0.3) is 0 Å². The quantitative estimate of drug-likeness (QED) is 0.537. The number of carbonyl (C=O) groups excluding carboxylic acids is 1. The predicted molar refractivity (Wildman–Crippen MR) is 77.7 cm³/mol. The number of fused-ring (bicyclic) bond motifs is 1. The van der Waals surface area contributed by atoms with E-state index in [0.717, 1.165) is 25.0 Å². The van der Waals surface area contributed by atoms with Gasteiger partial charge < -0.3 is 19.3 Å². The minimum absolute atomic E-state index is 0.0798. The van der Waals surface area contributed by atoms with Crippen LogP contribution in [-0.2, 0) is 14.3 Å². The van der Waals surface area contributed by atoms with Crippen LogP contribution in [0.1, 0.15) is 26.2 Å². The first-order chi connectivity index (χ1) is 9.70. The lowest BCUT2D eigenvalue weighted by atomic mass is 9.84. The molecule has 2 heterocycles. The molecule has 0 saturated carbocycles. The summed E-state index contributed by atoms with van der Waals surface area (Å²) in [6.07, 6.45) is 3.94. The molecule has 2 unspecified atom stereocenters. The van der Waals surface area contributed by atoms with Crippen LogP contribution in [-0.4, -0.2) is 74.9 Å². The molecule has 0 radical (unpaired) electrons. The Kier molecular flexibility index (Phi) is 6.26. The van der Waals surface area contributed by atoms with Crippen LogP contribution in [0.5, 0.6) is 0 Å². The van der Waals surface area contributed by atoms with Gasteiger partial charge in [0, 0.05) is 19.1 Å². The molecule has 20 heavy (non-hydrogen) atoms. The van der Waals surface area contributed by atoms with E-state index in [-0.39, 0.29) is 12.6 Å². The molecule has 0 spiro atoms. The zero-order valence-electron chi connectivity index (χ0n) is 12.8. The van der Waals surface area contributed by atoms with Gasteiger partial charge in [0.2, 0.25) is 0 Å². The second kappa shape index (κ2) is 7.96. The summed E-state index contributed by atoms with van der Waals surface area (Å²) in [6, 6.07) is 0.778. The SMILES string of the molecule is CCOC(=O)COCCN1CCC2C(CCCN2C)C1. The van der Waals surface area contributed by atoms with Crippen LogP contribution < -0.4 is 0 Å². The van der Waals surface area contributed by atoms with Gasteiger partial charge in [-0.1, -0.05) is 0 Å². The molecule has 0 aromatic heterocycles. The molecule has 2 saturated heterocycles. The Labute approximate surface area is 122 Å². The third-order valence-electron chi connectivity index (χ3n) is 4.51. The highest BCUT2D eigenvalue weighted by atomic mass is 16.6. The largest absolute Gasteiger partial charge is 0.464 e. The minimum atomic E-state index is -0.264. The third kappa shape index (κ3) is 4.43. The Morgan fingerprint density at radius 1 is 1.30 bits per heavy atom. The van der Waals surface area contributed by atoms with Crippen molar-refractivity contribution in [2.45, 2.75) is 32.2 Å². The maximum absolute atomic E-state index is 11.2. The monoisotopic (exact) mass is 284 g/mol. The first-order valence-corrected chi connectivity index (χ1v) is 7.86. The van der Waals surface area contributed by atoms with E-state index in [1.807, 2.05) is 6.92 Å². The Morgan fingerprint density at radius 3 is 2.95 bits per heavy atom. The molecule has 116 valence electrons. The lowest BCUT2D eigenvalue weighted by Crippen LogP contribution is -2.53. The summed E-state index contributed by atoms with van der Waals surface area (Å²) in [7, 11) is 2.26. The normalized spacial score (nSPS) is 28.1. The van der Waals surface area contributed by atoms with E-state index in [0.29, 0.717) is 13.2 Å². The summed E-state index contributed by atoms with van der Waals surface area (Å²) >= 11 is 0. The number of nitrogens with zero attached hydrogens (tertiary/aromatic N) is 2. The minimum Gasteiger partial charge on any atom is -0.464 e. The molecular formula is C15H28N2O3. The van der Waals surface area contributed by atoms with Crippen molar-refractivity contribution in [2.75, 3.05) is 53.0 Å². The van der Waals surface area contributed by atoms with Crippen molar-refractivity contribution in [3.63, 3.8) is 0 Å². The molecule has 2 atom stereocenters. The first kappa shape index (κ1) is 15.7. The number of hydrogen-bond acceptors (Lipinski definition) is 5. The van der Waals surface area contributed by atoms with Crippen molar-refractivity contribution >= 4 is 5.97 Å². The number of piperidine rings is 2. The zero-order valence-corrected chi connectivity index (χ0v) is 12.8. The number of hydrogen-bond donors (Lipinski definition) is 0. The maximum Gasteiger partial charge on any atom is 0.332 e. The van der Waals surface area contributed by atoms with Gasteiger partial charge in [-0.05, 0) is 52.2 Å². The van der Waals surface area contributed by atoms with E-state index in [4.69, 9.17) is 9.47 Å². The summed E-state index contributed by atoms with van der Waals surface area (Å²) < 4.78 is 10.2. The average Bonchev–Trinajstić information content (AvgIpc) is 2.44. The Hall–Kier alpha value is -0.650. The zero-order chi connectivity index (χ0) is 14.4. The maximum atomic E-state index is 11.2. The van der Waals surface area contributed by atoms with Crippen molar-refractivity contribution in [3.8, 4) is 0 Å². The molecule has 0 aliphatic carbocycles. The topological polar surface area (TPSA) is 42.0 Å². The van der Waals surface area contributed by atoms with Crippen molar-refractivity contribution in [1.29, 1.82) is 0 Å². The number of likely N-dealkylation sites (tertiary alicyclic amines) is 2. The smallest absolute Gasteiger partial charge is 0.332 e. The molecular weight excluding hydrogens is 256 g/mol. The Bertz CT molecular complexity index is 311. The first-order valence-electron chi connectivity index (χ1n) is 7.86. The molecule has 2 aliphatic heterocycles. The second-order valence-corrected chi connectivity index (χ2v) is 5.90. The Balaban J connectivity index is 1.62. The fourth-order valence-corrected chi connectivity index (χ4v) is 3.48. The summed E-state index contributed by atoms with van der Waals surface area (Å²) in [5, 5.41) is 0. The van der Waals surface area contributed by atoms with Gasteiger partial charge in [-0.3, -0.25) is 0 Å². The molecule has 5 heteroatoms. The summed E-state index contributed by atoms with van der Waals surface area (Å²) in [6.45, 7) is 7.43. The number of esters is 1. The lowest BCUT2D eigenvalue weighted by Gasteiger charge is -2.46. The third-order valence-corrected chi connectivity index (χ3v) is 4.51. The van der Waals surface area contributed by atoms with Crippen molar-refractivity contribution in [1.82, 2.24) is 9.80 Å². The van der Waals surface area contributed by atoms with Crippen LogP contribution in [0.2, 0.25) is 0 Å². The summed E-state index contributed by atoms with van der Waals surface area (Å²) in [4.78, 5) is 16.2. The fourth-order valence-electron chi connectivity index (χ4n) is 3.48. The molecule has 0 amide bonds. The molecule has 0 aromatic carbocycles. The van der Waals surface area contributed by atoms with E-state index in [9.17, 15) is 4.79 Å². The fraction of sp³-hybridized carbons (Fsp3) is 0.933. The van der Waals surface area contributed by atoms with Gasteiger partial charge in [0.05, 0.1) is 13.2 Å². The molecule has 0 aromatic rings. The highest BCUT2D eigenvalue weighted by Gasteiger charge is 2.33. The molecule has 2 fully saturated rings. The van der Waals surface area contributed by atoms with Crippen LogP contribution >= 0.6 is 0 Å². The van der Waals surface area contributed by atoms with Gasteiger partial charge >= 0.3 is 5.97 Å². The standard InChI is InChI=1S/C15H28N2O3/c1-3-20-15(18)12-19-10-9-17-8-6-14-13(11-17)5-4-7-16(14)2/h13-14H,3-12H2,1-2H3. The van der Waals surface area contributed by atoms with Gasteiger partial charge in [-0.25, -0.2) is 4.79 Å². The van der Waals surface area contributed by atoms with E-state index in [2.05, 4.69) is 16.8 Å². The molecule has 2 aliphatic rings. The van der Waals surface area contributed by atoms with Crippen LogP contribution in [0.15, 0.2) is 0 Å². The van der Waals surface area contributed by atoms with E-state index >= 15 is 0 Å². The number of rotatable bonds is 6. The van der Waals surface area contributed by atoms with E-state index < -0.39 is 0 Å². The van der Waals surface area contributed by atoms with Crippen molar-refractivity contribution in [3.05, 3.63) is 0 Å². The summed E-state index contributed by atoms with van der Waals surface area (Å²) in [5.41, 5.74) is 0. The van der Waals surface area contributed by atoms with Crippen molar-refractivity contribution < 1.29 is 14.3 Å². The van der Waals surface area contributed by atoms with Crippen molar-refractivity contribution in [2.24, 2.45) is 5.92 Å². The van der Waals surface area contributed by atoms with Crippen LogP contribution in [0.3, 0.4) is 0 Å². The van der Waals surface area contributed by atoms with Gasteiger partial charge in [-0.15, -0.1) is 0 Å². The molecule has 5 nitrogen and oxygen atoms in total. The number of ether oxygens (including phenoxy) is 2. The van der Waals surface area contributed by atoms with Gasteiger partial charge in [0.1, 0.15) is 6.61 Å². The summed E-state index contributed by atoms with van der Waals surface area (Å²) in [5.74, 6) is 0.549. The van der Waals surface area contributed by atoms with Crippen LogP contribution in [0.4, 0.5) is 0 Å². The van der Waals surface area contributed by atoms with Gasteiger partial charge in [0.15, 0.2) is 0 Å². The predicted octanol–water partition coefficient (Wildman–Crippen LogP) is 0.982. The van der Waals surface area contributed by atoms with E-state index in [1.165, 1.54) is 32.4 Å². The van der Waals surface area contributed by atoms with Gasteiger partial charge in [-0.2, -0.15) is 0 Å². The second-order valence-electron chi connectivity index (χ2n) is 5.90. The average molecular weight is 284 g/mol. The van der Waals surface area contributed by atoms with E-state index in [1.54, 1.807) is 0 Å².